The maximum atomic E-state index is 6.79. The van der Waals surface area contributed by atoms with Gasteiger partial charge in [-0.25, -0.2) is 0 Å². The predicted octanol–water partition coefficient (Wildman–Crippen LogP) is 11.5. The molecule has 0 bridgehead atoms. The highest BCUT2D eigenvalue weighted by atomic mass is 16.5. The van der Waals surface area contributed by atoms with Gasteiger partial charge in [-0.05, 0) is 96.2 Å². The summed E-state index contributed by atoms with van der Waals surface area (Å²) in [6, 6.07) is 65.8. The fourth-order valence-corrected chi connectivity index (χ4v) is 8.30. The van der Waals surface area contributed by atoms with Crippen LogP contribution in [-0.2, 0) is 0 Å². The van der Waals surface area contributed by atoms with Crippen LogP contribution in [0.5, 0.6) is 34.5 Å². The molecule has 4 heteroatoms. The molecule has 0 N–H and O–H groups in total. The van der Waals surface area contributed by atoms with E-state index in [1.807, 2.05) is 30.3 Å². The van der Waals surface area contributed by atoms with Crippen molar-refractivity contribution >= 4 is 44.6 Å². The molecule has 0 saturated heterocycles. The number of hydrogen-bond donors (Lipinski definition) is 0. The molecule has 0 spiro atoms. The van der Waals surface area contributed by atoms with Crippen LogP contribution in [0.1, 0.15) is 0 Å². The van der Waals surface area contributed by atoms with E-state index in [1.54, 1.807) is 0 Å². The minimum absolute atomic E-state index is 0.0595. The lowest BCUT2D eigenvalue weighted by Crippen LogP contribution is -2.57. The molecule has 3 nitrogen and oxygen atoms in total. The van der Waals surface area contributed by atoms with Crippen molar-refractivity contribution in [2.24, 2.45) is 0 Å². The van der Waals surface area contributed by atoms with E-state index in [2.05, 4.69) is 158 Å². The first kappa shape index (κ1) is 30.6. The SMILES string of the molecule is c1ccc(-c2ccc3c(c2)Oc2cc(Oc4cccc(-c5cc6ccccc6c6ccccc56)c4)cc4c2B3c2ccc(-c3ccccc3)cc2O4)cc1. The zero-order chi connectivity index (χ0) is 35.6. The Hall–Kier alpha value is -7.04. The van der Waals surface area contributed by atoms with Crippen molar-refractivity contribution in [3.8, 4) is 67.9 Å². The minimum Gasteiger partial charge on any atom is -0.458 e. The van der Waals surface area contributed by atoms with E-state index in [-0.39, 0.29) is 6.71 Å². The molecule has 0 unspecified atom stereocenters. The lowest BCUT2D eigenvalue weighted by molar-refractivity contribution is 0.443. The van der Waals surface area contributed by atoms with E-state index in [4.69, 9.17) is 14.2 Å². The number of ether oxygens (including phenoxy) is 3. The summed E-state index contributed by atoms with van der Waals surface area (Å²) in [6.07, 6.45) is 0. The van der Waals surface area contributed by atoms with E-state index >= 15 is 0 Å². The van der Waals surface area contributed by atoms with Gasteiger partial charge in [0, 0.05) is 17.6 Å². The van der Waals surface area contributed by atoms with Crippen LogP contribution in [0, 0.1) is 0 Å². The summed E-state index contributed by atoms with van der Waals surface area (Å²) >= 11 is 0. The first-order valence-corrected chi connectivity index (χ1v) is 18.3. The normalized spacial score (nSPS) is 12.3. The summed E-state index contributed by atoms with van der Waals surface area (Å²) in [5.41, 5.74) is 10.0. The van der Waals surface area contributed by atoms with Crippen molar-refractivity contribution in [3.63, 3.8) is 0 Å². The van der Waals surface area contributed by atoms with E-state index in [9.17, 15) is 0 Å². The molecule has 0 aliphatic carbocycles. The van der Waals surface area contributed by atoms with E-state index in [1.165, 1.54) is 27.1 Å². The predicted molar refractivity (Wildman–Crippen MR) is 222 cm³/mol. The van der Waals surface area contributed by atoms with Gasteiger partial charge in [0.05, 0.1) is 0 Å². The van der Waals surface area contributed by atoms with E-state index < -0.39 is 0 Å². The van der Waals surface area contributed by atoms with Crippen LogP contribution in [0.25, 0.3) is 54.9 Å². The fraction of sp³-hybridized carbons (Fsp3) is 0. The number of benzene rings is 9. The van der Waals surface area contributed by atoms with Crippen LogP contribution in [0.3, 0.4) is 0 Å². The van der Waals surface area contributed by atoms with Crippen LogP contribution in [0.15, 0.2) is 188 Å². The molecule has 2 aliphatic heterocycles. The Morgan fingerprint density at radius 1 is 0.352 bits per heavy atom. The van der Waals surface area contributed by atoms with E-state index in [0.717, 1.165) is 73.0 Å². The highest BCUT2D eigenvalue weighted by molar-refractivity contribution is 6.98. The minimum atomic E-state index is -0.0595. The third-order valence-corrected chi connectivity index (χ3v) is 10.8. The third-order valence-electron chi connectivity index (χ3n) is 10.8. The standard InChI is InChI=1S/C50H31BO3/c1-3-12-32(13-4-1)34-22-24-44-46(28-34)53-48-30-39(31-49-50(48)51(44)45-25-23-35(29-47(45)54-49)33-14-5-2-6-15-33)52-38-18-11-17-36(26-38)43-27-37-16-7-8-19-40(37)41-20-9-10-21-42(41)43/h1-31H. The lowest BCUT2D eigenvalue weighted by atomic mass is 9.35. The summed E-state index contributed by atoms with van der Waals surface area (Å²) in [4.78, 5) is 0. The first-order valence-electron chi connectivity index (χ1n) is 18.3. The van der Waals surface area contributed by atoms with Crippen molar-refractivity contribution in [1.82, 2.24) is 0 Å². The van der Waals surface area contributed by atoms with Crippen LogP contribution >= 0.6 is 0 Å². The van der Waals surface area contributed by atoms with Gasteiger partial charge in [0.1, 0.15) is 34.5 Å². The lowest BCUT2D eigenvalue weighted by Gasteiger charge is -2.33. The van der Waals surface area contributed by atoms with Gasteiger partial charge < -0.3 is 14.2 Å². The van der Waals surface area contributed by atoms with Crippen LogP contribution in [-0.4, -0.2) is 6.71 Å². The van der Waals surface area contributed by atoms with Gasteiger partial charge in [0.25, 0.3) is 6.71 Å². The largest absolute Gasteiger partial charge is 0.458 e. The second-order valence-corrected chi connectivity index (χ2v) is 14.0. The topological polar surface area (TPSA) is 27.7 Å². The Labute approximate surface area is 313 Å². The van der Waals surface area contributed by atoms with Gasteiger partial charge in [-0.1, -0.05) is 146 Å². The van der Waals surface area contributed by atoms with Gasteiger partial charge in [0.15, 0.2) is 0 Å². The van der Waals surface area contributed by atoms with Crippen molar-refractivity contribution in [2.45, 2.75) is 0 Å². The molecule has 54 heavy (non-hydrogen) atoms. The number of rotatable bonds is 5. The number of hydrogen-bond acceptors (Lipinski definition) is 3. The van der Waals surface area contributed by atoms with Gasteiger partial charge >= 0.3 is 0 Å². The average molecular weight is 691 g/mol. The molecule has 0 amide bonds. The number of fused-ring (bicyclic) bond motifs is 7. The highest BCUT2D eigenvalue weighted by Gasteiger charge is 2.41. The molecule has 9 aromatic rings. The van der Waals surface area contributed by atoms with E-state index in [0.29, 0.717) is 5.75 Å². The molecule has 2 heterocycles. The quantitative estimate of drug-likeness (QED) is 0.133. The Balaban J connectivity index is 1.02. The van der Waals surface area contributed by atoms with Crippen molar-refractivity contribution < 1.29 is 14.2 Å². The van der Waals surface area contributed by atoms with Crippen molar-refractivity contribution in [3.05, 3.63) is 188 Å². The second kappa shape index (κ2) is 12.3. The molecule has 11 rings (SSSR count). The molecular formula is C50H31BO3. The summed E-state index contributed by atoms with van der Waals surface area (Å²) in [5.74, 6) is 4.52. The van der Waals surface area contributed by atoms with Gasteiger partial charge in [0.2, 0.25) is 0 Å². The summed E-state index contributed by atoms with van der Waals surface area (Å²) in [5, 5.41) is 4.91. The zero-order valence-corrected chi connectivity index (χ0v) is 29.2. The van der Waals surface area contributed by atoms with Crippen molar-refractivity contribution in [2.75, 3.05) is 0 Å². The van der Waals surface area contributed by atoms with Crippen LogP contribution < -0.4 is 30.6 Å². The van der Waals surface area contributed by atoms with Crippen molar-refractivity contribution in [1.29, 1.82) is 0 Å². The first-order chi connectivity index (χ1) is 26.7. The maximum Gasteiger partial charge on any atom is 0.260 e. The molecule has 0 saturated carbocycles. The average Bonchev–Trinajstić information content (AvgIpc) is 3.23. The van der Waals surface area contributed by atoms with Crippen LogP contribution in [0.4, 0.5) is 0 Å². The van der Waals surface area contributed by atoms with Gasteiger partial charge in [-0.15, -0.1) is 0 Å². The highest BCUT2D eigenvalue weighted by Crippen LogP contribution is 2.42. The molecule has 0 radical (unpaired) electrons. The van der Waals surface area contributed by atoms with Gasteiger partial charge in [-0.3, -0.25) is 0 Å². The Morgan fingerprint density at radius 3 is 1.56 bits per heavy atom. The summed E-state index contributed by atoms with van der Waals surface area (Å²) in [7, 11) is 0. The van der Waals surface area contributed by atoms with Gasteiger partial charge in [-0.2, -0.15) is 0 Å². The Bertz CT molecular complexity index is 2810. The molecule has 0 fully saturated rings. The van der Waals surface area contributed by atoms with Crippen LogP contribution in [0.2, 0.25) is 0 Å². The third kappa shape index (κ3) is 5.07. The smallest absolute Gasteiger partial charge is 0.260 e. The zero-order valence-electron chi connectivity index (χ0n) is 29.2. The Kier molecular flexibility index (Phi) is 6.96. The monoisotopic (exact) mass is 690 g/mol. The summed E-state index contributed by atoms with van der Waals surface area (Å²) in [6.45, 7) is -0.0595. The molecule has 0 aromatic heterocycles. The summed E-state index contributed by atoms with van der Waals surface area (Å²) < 4.78 is 20.3. The fourth-order valence-electron chi connectivity index (χ4n) is 8.30. The molecule has 252 valence electrons. The Morgan fingerprint density at radius 2 is 0.907 bits per heavy atom. The maximum absolute atomic E-state index is 6.79. The molecular weight excluding hydrogens is 659 g/mol. The molecule has 0 atom stereocenters. The molecule has 2 aliphatic rings. The molecule has 9 aromatic carbocycles. The second-order valence-electron chi connectivity index (χ2n) is 14.0.